The fourth-order valence-corrected chi connectivity index (χ4v) is 10.7. The van der Waals surface area contributed by atoms with Crippen molar-refractivity contribution in [1.82, 2.24) is 30.4 Å². The van der Waals surface area contributed by atoms with Crippen LogP contribution in [0.1, 0.15) is 70.7 Å². The molecule has 2 atom stereocenters. The number of morpholine rings is 2. The highest BCUT2D eigenvalue weighted by molar-refractivity contribution is 9.10. The molecule has 0 spiro atoms. The fraction of sp³-hybridized carbons (Fsp3) is 0.323. The quantitative estimate of drug-likeness (QED) is 0.0510. The highest BCUT2D eigenvalue weighted by Crippen LogP contribution is 2.43. The van der Waals surface area contributed by atoms with E-state index in [9.17, 15) is 28.0 Å². The number of nitrogens with one attached hydrogen (secondary N) is 2. The third kappa shape index (κ3) is 15.6. The Morgan fingerprint density at radius 3 is 1.50 bits per heavy atom. The van der Waals surface area contributed by atoms with Gasteiger partial charge in [-0.3, -0.25) is 19.2 Å². The number of fused-ring (bicyclic) bond motifs is 2. The Balaban J connectivity index is 0.000000169. The lowest BCUT2D eigenvalue weighted by atomic mass is 9.75. The largest absolute Gasteiger partial charge is 0.495 e. The standard InChI is InChI=1S/C28H25ClF2N4O4.C23H27BClN3O4.C11H10BrF2NO2/c29-21-4-3-19(17-11-22(30)26(23(31)12-17)28(37)35-7-9-38-10-8-35)20-13-18(39-27(20)21)15-34-25(36)6-2-16-1-5-24(32)33-14-16;1-22(2)23(3,4)32-24(31-22)17-7-8-18(25)21-16(17)11-15(30-21)13-28-20(29)10-6-14-5-9-19(26)27-12-14;12-7-5-8(13)10(9(14)6-7)11(16)15-1-3-17-4-2-15/h1-6,11-12,14,18H,7-10,13,15H2,(H2,32,33)(H,34,36);5-10,12,15H,11,13H2,1-4H3,(H2,26,27)(H,28,29);5-6H,1-4H2/b6-2+;10-6+;. The lowest BCUT2D eigenvalue weighted by molar-refractivity contribution is -0.117. The number of nitrogens with zero attached hydrogens (tertiary/aromatic N) is 4. The summed E-state index contributed by atoms with van der Waals surface area (Å²) in [6.45, 7) is 11.3. The number of amides is 4. The van der Waals surface area contributed by atoms with E-state index < -0.39 is 70.6 Å². The summed E-state index contributed by atoms with van der Waals surface area (Å²) in [4.78, 5) is 59.9. The molecule has 26 heteroatoms. The number of nitrogen functional groups attached to an aromatic ring is 2. The van der Waals surface area contributed by atoms with E-state index in [1.807, 2.05) is 33.8 Å². The molecule has 0 saturated carbocycles. The summed E-state index contributed by atoms with van der Waals surface area (Å²) in [6, 6.07) is 18.3. The average Bonchev–Trinajstić information content (AvgIpc) is 1.71. The van der Waals surface area contributed by atoms with Gasteiger partial charge in [0.15, 0.2) is 0 Å². The highest BCUT2D eigenvalue weighted by Gasteiger charge is 2.53. The average molecular weight is 1320 g/mol. The maximum Gasteiger partial charge on any atom is 0.495 e. The SMILES string of the molecule is CC1(C)OB(c2ccc(Cl)c3c2CC(CNC(=O)/C=C/c2ccc(N)nc2)O3)OC1(C)C.Nc1ccc(/C=C/C(=O)NCC2Cc3c(-c4cc(F)c(C(=O)N5CCOCC5)c(F)c4)ccc(Cl)c3O2)cn1.O=C(c1c(F)cc(Br)cc1F)N1CCOCC1. The second-order valence-electron chi connectivity index (χ2n) is 21.9. The molecule has 2 unspecified atom stereocenters. The molecule has 5 aliphatic rings. The Kier molecular flexibility index (Phi) is 20.9. The summed E-state index contributed by atoms with van der Waals surface area (Å²) in [5.41, 5.74) is 14.0. The monoisotopic (exact) mass is 1310 g/mol. The molecule has 2 aromatic heterocycles. The molecule has 0 radical (unpaired) electrons. The van der Waals surface area contributed by atoms with E-state index in [0.717, 1.165) is 46.4 Å². The zero-order valence-electron chi connectivity index (χ0n) is 48.3. The Morgan fingerprint density at radius 2 is 1.06 bits per heavy atom. The second kappa shape index (κ2) is 28.3. The molecule has 88 heavy (non-hydrogen) atoms. The number of anilines is 2. The number of carbonyl (C=O) groups is 4. The van der Waals surface area contributed by atoms with Gasteiger partial charge in [-0.25, -0.2) is 27.5 Å². The number of ether oxygens (including phenoxy) is 4. The summed E-state index contributed by atoms with van der Waals surface area (Å²) in [5, 5.41) is 6.53. The minimum Gasteiger partial charge on any atom is -0.486 e. The van der Waals surface area contributed by atoms with E-state index in [4.69, 9.17) is 62.9 Å². The van der Waals surface area contributed by atoms with Crippen LogP contribution in [0, 0.1) is 23.3 Å². The van der Waals surface area contributed by atoms with E-state index in [-0.39, 0.29) is 47.6 Å². The first-order valence-electron chi connectivity index (χ1n) is 28.0. The van der Waals surface area contributed by atoms with E-state index in [1.165, 1.54) is 22.0 Å². The Labute approximate surface area is 524 Å². The predicted octanol–water partition coefficient (Wildman–Crippen LogP) is 8.82. The minimum absolute atomic E-state index is 0.184. The van der Waals surface area contributed by atoms with Crippen LogP contribution in [0.5, 0.6) is 11.5 Å². The number of benzene rings is 4. The van der Waals surface area contributed by atoms with Gasteiger partial charge in [0.2, 0.25) is 11.8 Å². The smallest absolute Gasteiger partial charge is 0.486 e. The lowest BCUT2D eigenvalue weighted by Crippen LogP contribution is -2.41. The molecule has 11 rings (SSSR count). The number of pyridine rings is 2. The van der Waals surface area contributed by atoms with Crippen molar-refractivity contribution in [3.8, 4) is 22.6 Å². The lowest BCUT2D eigenvalue weighted by Gasteiger charge is -2.32. The van der Waals surface area contributed by atoms with E-state index in [2.05, 4.69) is 36.5 Å². The molecular formula is C62H62BBrCl2F4N8O10. The van der Waals surface area contributed by atoms with Gasteiger partial charge < -0.3 is 60.2 Å². The van der Waals surface area contributed by atoms with Gasteiger partial charge >= 0.3 is 7.12 Å². The van der Waals surface area contributed by atoms with Crippen molar-refractivity contribution in [2.24, 2.45) is 0 Å². The molecule has 6 aromatic rings. The van der Waals surface area contributed by atoms with Crippen molar-refractivity contribution in [3.63, 3.8) is 0 Å². The summed E-state index contributed by atoms with van der Waals surface area (Å²) in [6.07, 6.45) is 9.56. The van der Waals surface area contributed by atoms with Gasteiger partial charge in [-0.1, -0.05) is 51.3 Å². The number of halogens is 7. The van der Waals surface area contributed by atoms with Gasteiger partial charge in [-0.15, -0.1) is 0 Å². The topological polar surface area (TPSA) is 232 Å². The molecule has 6 N–H and O–H groups in total. The van der Waals surface area contributed by atoms with Crippen LogP contribution in [0.4, 0.5) is 29.2 Å². The van der Waals surface area contributed by atoms with Crippen LogP contribution in [-0.2, 0) is 41.2 Å². The number of nitrogens with two attached hydrogens (primary N) is 2. The maximum atomic E-state index is 15.1. The van der Waals surface area contributed by atoms with E-state index in [1.54, 1.807) is 67.0 Å². The number of rotatable bonds is 12. The van der Waals surface area contributed by atoms with Crippen LogP contribution in [0.15, 0.2) is 102 Å². The third-order valence-corrected chi connectivity index (χ3v) is 16.3. The predicted molar refractivity (Wildman–Crippen MR) is 329 cm³/mol. The molecule has 0 bridgehead atoms. The van der Waals surface area contributed by atoms with Crippen LogP contribution in [0.25, 0.3) is 23.3 Å². The molecule has 3 saturated heterocycles. The summed E-state index contributed by atoms with van der Waals surface area (Å²) in [7, 11) is -0.501. The van der Waals surface area contributed by atoms with E-state index >= 15 is 8.78 Å². The van der Waals surface area contributed by atoms with Gasteiger partial charge in [-0.2, -0.15) is 0 Å². The van der Waals surface area contributed by atoms with Crippen LogP contribution in [0.2, 0.25) is 10.0 Å². The summed E-state index contributed by atoms with van der Waals surface area (Å²) < 4.78 is 92.4. The number of hydrogen-bond donors (Lipinski definition) is 4. The first-order chi connectivity index (χ1) is 41.9. The van der Waals surface area contributed by atoms with Crippen molar-refractivity contribution in [2.75, 3.05) is 77.2 Å². The van der Waals surface area contributed by atoms with Crippen LogP contribution < -0.4 is 37.0 Å². The van der Waals surface area contributed by atoms with Gasteiger partial charge in [-0.05, 0) is 134 Å². The molecule has 4 aromatic carbocycles. The van der Waals surface area contributed by atoms with Crippen LogP contribution >= 0.6 is 39.1 Å². The molecule has 18 nitrogen and oxygen atoms in total. The summed E-state index contributed by atoms with van der Waals surface area (Å²) >= 11 is 15.7. The van der Waals surface area contributed by atoms with Gasteiger partial charge in [0.1, 0.15) is 69.7 Å². The molecule has 3 fully saturated rings. The number of hydrogen-bond acceptors (Lipinski definition) is 14. The second-order valence-corrected chi connectivity index (χ2v) is 23.6. The van der Waals surface area contributed by atoms with Gasteiger partial charge in [0, 0.05) is 73.6 Å². The van der Waals surface area contributed by atoms with Crippen molar-refractivity contribution in [3.05, 3.63) is 169 Å². The first kappa shape index (κ1) is 64.9. The first-order valence-corrected chi connectivity index (χ1v) is 29.5. The zero-order chi connectivity index (χ0) is 63.0. The summed E-state index contributed by atoms with van der Waals surface area (Å²) in [5.74, 6) is -3.65. The molecule has 4 amide bonds. The normalized spacial score (nSPS) is 18.1. The third-order valence-electron chi connectivity index (χ3n) is 15.3. The van der Waals surface area contributed by atoms with Crippen LogP contribution in [-0.4, -0.2) is 140 Å². The molecule has 462 valence electrons. The number of aromatic nitrogens is 2. The molecular weight excluding hydrogens is 1250 g/mol. The Hall–Kier alpha value is -7.58. The van der Waals surface area contributed by atoms with Gasteiger partial charge in [0.05, 0.1) is 60.8 Å². The molecule has 0 aliphatic carbocycles. The minimum atomic E-state index is -0.948. The fourth-order valence-electron chi connectivity index (χ4n) is 9.89. The van der Waals surface area contributed by atoms with E-state index in [0.29, 0.717) is 103 Å². The molecule has 7 heterocycles. The van der Waals surface area contributed by atoms with Gasteiger partial charge in [0.25, 0.3) is 11.8 Å². The zero-order valence-corrected chi connectivity index (χ0v) is 51.4. The Bertz CT molecular complexity index is 3590. The Morgan fingerprint density at radius 1 is 0.636 bits per heavy atom. The van der Waals surface area contributed by atoms with Crippen molar-refractivity contribution in [2.45, 2.75) is 63.9 Å². The van der Waals surface area contributed by atoms with Crippen molar-refractivity contribution < 1.29 is 65.0 Å². The van der Waals surface area contributed by atoms with Crippen molar-refractivity contribution in [1.29, 1.82) is 0 Å². The maximum absolute atomic E-state index is 15.1. The van der Waals surface area contributed by atoms with Crippen LogP contribution in [0.3, 0.4) is 0 Å². The highest BCUT2D eigenvalue weighted by atomic mass is 79.9. The number of carbonyl (C=O) groups excluding carboxylic acids is 4. The molecule has 5 aliphatic heterocycles. The van der Waals surface area contributed by atoms with Crippen molar-refractivity contribution >= 4 is 99.1 Å².